The summed E-state index contributed by atoms with van der Waals surface area (Å²) in [4.78, 5) is 23.1. The van der Waals surface area contributed by atoms with Crippen LogP contribution in [0.1, 0.15) is 27.7 Å². The minimum absolute atomic E-state index is 0.0150. The Morgan fingerprint density at radius 2 is 1.75 bits per heavy atom. The van der Waals surface area contributed by atoms with Gasteiger partial charge in [0.2, 0.25) is 11.8 Å². The Bertz CT molecular complexity index is 194. The third-order valence-electron chi connectivity index (χ3n) is 1.50. The molecule has 0 aromatic heterocycles. The highest BCUT2D eigenvalue weighted by atomic mass is 16.2. The second-order valence-corrected chi connectivity index (χ2v) is 3.74. The van der Waals surface area contributed by atoms with Crippen LogP contribution in [0.3, 0.4) is 0 Å². The van der Waals surface area contributed by atoms with Crippen molar-refractivity contribution in [2.45, 2.75) is 33.2 Å². The van der Waals surface area contributed by atoms with E-state index < -0.39 is 5.91 Å². The van der Waals surface area contributed by atoms with Gasteiger partial charge >= 0.3 is 0 Å². The molecule has 0 heterocycles. The van der Waals surface area contributed by atoms with Crippen molar-refractivity contribution in [3.63, 3.8) is 0 Å². The zero-order chi connectivity index (χ0) is 9.94. The lowest BCUT2D eigenvalue weighted by Gasteiger charge is -2.33. The average molecular weight is 172 g/mol. The van der Waals surface area contributed by atoms with Crippen molar-refractivity contribution in [2.75, 3.05) is 6.54 Å². The van der Waals surface area contributed by atoms with Gasteiger partial charge in [-0.1, -0.05) is 0 Å². The largest absolute Gasteiger partial charge is 0.368 e. The molecule has 0 atom stereocenters. The lowest BCUT2D eigenvalue weighted by Crippen LogP contribution is -2.48. The maximum atomic E-state index is 11.0. The van der Waals surface area contributed by atoms with Crippen LogP contribution >= 0.6 is 0 Å². The standard InChI is InChI=1S/C8H16N2O2/c1-6(11)10(5-7(9)12)8(2,3)4/h5H2,1-4H3,(H2,9,12). The summed E-state index contributed by atoms with van der Waals surface area (Å²) < 4.78 is 0. The van der Waals surface area contributed by atoms with Gasteiger partial charge in [-0.25, -0.2) is 0 Å². The van der Waals surface area contributed by atoms with Crippen LogP contribution in [-0.4, -0.2) is 28.8 Å². The molecule has 0 saturated heterocycles. The number of nitrogens with zero attached hydrogens (tertiary/aromatic N) is 1. The number of amides is 2. The van der Waals surface area contributed by atoms with Gasteiger partial charge < -0.3 is 10.6 Å². The minimum Gasteiger partial charge on any atom is -0.368 e. The van der Waals surface area contributed by atoms with Crippen LogP contribution in [0.15, 0.2) is 0 Å². The van der Waals surface area contributed by atoms with Crippen molar-refractivity contribution < 1.29 is 9.59 Å². The van der Waals surface area contributed by atoms with E-state index in [4.69, 9.17) is 5.73 Å². The Kier molecular flexibility index (Phi) is 3.24. The molecular formula is C8H16N2O2. The number of carbonyl (C=O) groups is 2. The fourth-order valence-electron chi connectivity index (χ4n) is 0.977. The second-order valence-electron chi connectivity index (χ2n) is 3.74. The van der Waals surface area contributed by atoms with Crippen LogP contribution in [0.25, 0.3) is 0 Å². The summed E-state index contributed by atoms with van der Waals surface area (Å²) in [6.45, 7) is 6.99. The van der Waals surface area contributed by atoms with E-state index in [0.29, 0.717) is 0 Å². The van der Waals surface area contributed by atoms with Crippen LogP contribution in [0.4, 0.5) is 0 Å². The lowest BCUT2D eigenvalue weighted by atomic mass is 10.1. The summed E-state index contributed by atoms with van der Waals surface area (Å²) in [5.74, 6) is -0.624. The van der Waals surface area contributed by atoms with Crippen LogP contribution in [0.5, 0.6) is 0 Å². The van der Waals surface area contributed by atoms with Crippen LogP contribution in [-0.2, 0) is 9.59 Å². The Labute approximate surface area is 72.7 Å². The Balaban J connectivity index is 4.46. The third kappa shape index (κ3) is 3.37. The van der Waals surface area contributed by atoms with Crippen molar-refractivity contribution in [1.82, 2.24) is 4.90 Å². The molecule has 0 aliphatic carbocycles. The molecular weight excluding hydrogens is 156 g/mol. The molecule has 0 aromatic carbocycles. The molecule has 2 N–H and O–H groups in total. The zero-order valence-electron chi connectivity index (χ0n) is 8.05. The molecule has 0 aliphatic heterocycles. The molecule has 12 heavy (non-hydrogen) atoms. The third-order valence-corrected chi connectivity index (χ3v) is 1.50. The molecule has 4 nitrogen and oxygen atoms in total. The SMILES string of the molecule is CC(=O)N(CC(N)=O)C(C)(C)C. The first kappa shape index (κ1) is 10.9. The molecule has 70 valence electrons. The Morgan fingerprint density at radius 1 is 1.33 bits per heavy atom. The number of hydrogen-bond acceptors (Lipinski definition) is 2. The second kappa shape index (κ2) is 3.56. The molecule has 0 saturated carbocycles. The van der Waals surface area contributed by atoms with E-state index in [1.54, 1.807) is 0 Å². The summed E-state index contributed by atoms with van der Waals surface area (Å²) >= 11 is 0. The first-order chi connectivity index (χ1) is 5.25. The molecule has 0 radical (unpaired) electrons. The summed E-state index contributed by atoms with van der Waals surface area (Å²) in [5, 5.41) is 0. The molecule has 0 rings (SSSR count). The first-order valence-electron chi connectivity index (χ1n) is 3.81. The van der Waals surface area contributed by atoms with Crippen molar-refractivity contribution in [3.05, 3.63) is 0 Å². The van der Waals surface area contributed by atoms with Crippen LogP contribution < -0.4 is 5.73 Å². The van der Waals surface area contributed by atoms with Gasteiger partial charge in [0.15, 0.2) is 0 Å². The number of carbonyl (C=O) groups excluding carboxylic acids is 2. The maximum absolute atomic E-state index is 11.0. The number of primary amides is 1. The summed E-state index contributed by atoms with van der Waals surface area (Å²) in [6, 6.07) is 0. The normalized spacial score (nSPS) is 11.0. The van der Waals surface area contributed by atoms with E-state index in [1.807, 2.05) is 20.8 Å². The average Bonchev–Trinajstić information content (AvgIpc) is 1.79. The summed E-state index contributed by atoms with van der Waals surface area (Å²) in [5.41, 5.74) is 4.65. The van der Waals surface area contributed by atoms with Crippen molar-refractivity contribution in [2.24, 2.45) is 5.73 Å². The van der Waals surface area contributed by atoms with E-state index in [2.05, 4.69) is 0 Å². The van der Waals surface area contributed by atoms with Crippen molar-refractivity contribution in [3.8, 4) is 0 Å². The van der Waals surface area contributed by atoms with Crippen LogP contribution in [0, 0.1) is 0 Å². The first-order valence-corrected chi connectivity index (χ1v) is 3.81. The molecule has 0 spiro atoms. The van der Waals surface area contributed by atoms with E-state index in [9.17, 15) is 9.59 Å². The highest BCUT2D eigenvalue weighted by Gasteiger charge is 2.24. The van der Waals surface area contributed by atoms with E-state index in [1.165, 1.54) is 11.8 Å². The summed E-state index contributed by atoms with van der Waals surface area (Å²) in [7, 11) is 0. The highest BCUT2D eigenvalue weighted by molar-refractivity contribution is 5.83. The molecule has 0 aliphatic rings. The van der Waals surface area contributed by atoms with E-state index >= 15 is 0 Å². The predicted molar refractivity (Wildman–Crippen MR) is 46.3 cm³/mol. The molecule has 0 aromatic rings. The van der Waals surface area contributed by atoms with Gasteiger partial charge in [0.05, 0.1) is 6.54 Å². The molecule has 0 unspecified atom stereocenters. The van der Waals surface area contributed by atoms with Gasteiger partial charge in [-0.15, -0.1) is 0 Å². The van der Waals surface area contributed by atoms with Crippen molar-refractivity contribution >= 4 is 11.8 Å². The Morgan fingerprint density at radius 3 is 1.83 bits per heavy atom. The van der Waals surface area contributed by atoms with Crippen LogP contribution in [0.2, 0.25) is 0 Å². The zero-order valence-corrected chi connectivity index (χ0v) is 8.05. The number of rotatable bonds is 2. The van der Waals surface area contributed by atoms with Gasteiger partial charge in [0.1, 0.15) is 0 Å². The number of hydrogen-bond donors (Lipinski definition) is 1. The molecule has 4 heteroatoms. The van der Waals surface area contributed by atoms with E-state index in [0.717, 1.165) is 0 Å². The molecule has 0 bridgehead atoms. The van der Waals surface area contributed by atoms with Gasteiger partial charge in [-0.05, 0) is 20.8 Å². The number of nitrogens with two attached hydrogens (primary N) is 1. The monoisotopic (exact) mass is 172 g/mol. The topological polar surface area (TPSA) is 63.4 Å². The van der Waals surface area contributed by atoms with Gasteiger partial charge in [-0.2, -0.15) is 0 Å². The quantitative estimate of drug-likeness (QED) is 0.643. The van der Waals surface area contributed by atoms with Gasteiger partial charge in [0, 0.05) is 12.5 Å². The smallest absolute Gasteiger partial charge is 0.237 e. The molecule has 2 amide bonds. The fourth-order valence-corrected chi connectivity index (χ4v) is 0.977. The highest BCUT2D eigenvalue weighted by Crippen LogP contribution is 2.12. The predicted octanol–water partition coefficient (Wildman–Crippen LogP) is 0.119. The fraction of sp³-hybridized carbons (Fsp3) is 0.750. The van der Waals surface area contributed by atoms with E-state index in [-0.39, 0.29) is 18.0 Å². The van der Waals surface area contributed by atoms with Gasteiger partial charge in [0.25, 0.3) is 0 Å². The van der Waals surface area contributed by atoms with Crippen molar-refractivity contribution in [1.29, 1.82) is 0 Å². The lowest BCUT2D eigenvalue weighted by molar-refractivity contribution is -0.138. The maximum Gasteiger partial charge on any atom is 0.237 e. The van der Waals surface area contributed by atoms with Gasteiger partial charge in [-0.3, -0.25) is 9.59 Å². The summed E-state index contributed by atoms with van der Waals surface area (Å²) in [6.07, 6.45) is 0. The molecule has 0 fully saturated rings. The Hall–Kier alpha value is -1.06. The minimum atomic E-state index is -0.486.